The number of aromatic hydroxyl groups is 1. The maximum atomic E-state index is 11.6. The average Bonchev–Trinajstić information content (AvgIpc) is 2.42. The molecule has 0 aliphatic rings. The molecule has 0 saturated carbocycles. The molecule has 21 heavy (non-hydrogen) atoms. The molecule has 0 amide bonds. The molecule has 0 radical (unpaired) electrons. The summed E-state index contributed by atoms with van der Waals surface area (Å²) < 4.78 is 10.7. The molecule has 0 saturated heterocycles. The number of hydrogen-bond acceptors (Lipinski definition) is 4. The maximum absolute atomic E-state index is 11.6. The minimum Gasteiger partial charge on any atom is -0.508 e. The predicted molar refractivity (Wildman–Crippen MR) is 79.6 cm³/mol. The number of rotatable bonds is 5. The molecule has 0 fully saturated rings. The zero-order chi connectivity index (χ0) is 15.2. The maximum Gasteiger partial charge on any atom is 0.310 e. The second-order valence-electron chi connectivity index (χ2n) is 4.96. The van der Waals surface area contributed by atoms with Crippen molar-refractivity contribution in [3.8, 4) is 17.2 Å². The molecule has 2 rings (SSSR count). The molecule has 110 valence electrons. The molecule has 0 spiro atoms. The highest BCUT2D eigenvalue weighted by molar-refractivity contribution is 5.72. The number of benzene rings is 2. The fraction of sp³-hybridized carbons (Fsp3) is 0.235. The second-order valence-corrected chi connectivity index (χ2v) is 4.96. The monoisotopic (exact) mass is 286 g/mol. The molecule has 1 N–H and O–H groups in total. The molecule has 2 aromatic rings. The van der Waals surface area contributed by atoms with Crippen molar-refractivity contribution in [2.75, 3.05) is 0 Å². The van der Waals surface area contributed by atoms with Crippen LogP contribution in [0.1, 0.15) is 19.4 Å². The third-order valence-electron chi connectivity index (χ3n) is 2.71. The Balaban J connectivity index is 1.95. The Kier molecular flexibility index (Phi) is 4.82. The lowest BCUT2D eigenvalue weighted by Gasteiger charge is -2.09. The van der Waals surface area contributed by atoms with Crippen LogP contribution < -0.4 is 4.74 Å². The summed E-state index contributed by atoms with van der Waals surface area (Å²) in [5.41, 5.74) is 0.874. The van der Waals surface area contributed by atoms with Crippen molar-refractivity contribution in [2.24, 2.45) is 0 Å². The summed E-state index contributed by atoms with van der Waals surface area (Å²) >= 11 is 0. The molecular formula is C17H18O4. The first-order chi connectivity index (χ1) is 10.0. The zero-order valence-electron chi connectivity index (χ0n) is 12.1. The first kappa shape index (κ1) is 14.9. The number of carbonyl (C=O) groups is 1. The van der Waals surface area contributed by atoms with E-state index in [0.717, 1.165) is 5.56 Å². The molecular weight excluding hydrogens is 268 g/mol. The third-order valence-corrected chi connectivity index (χ3v) is 2.71. The van der Waals surface area contributed by atoms with Crippen molar-refractivity contribution in [1.29, 1.82) is 0 Å². The Morgan fingerprint density at radius 1 is 1.00 bits per heavy atom. The number of phenols is 1. The third kappa shape index (κ3) is 4.84. The van der Waals surface area contributed by atoms with Crippen LogP contribution >= 0.6 is 0 Å². The highest BCUT2D eigenvalue weighted by Gasteiger charge is 2.07. The fourth-order valence-electron chi connectivity index (χ4n) is 1.80. The van der Waals surface area contributed by atoms with E-state index in [2.05, 4.69) is 0 Å². The molecule has 0 aromatic heterocycles. The van der Waals surface area contributed by atoms with Crippen LogP contribution in [-0.2, 0) is 16.0 Å². The predicted octanol–water partition coefficient (Wildman–Crippen LogP) is 3.68. The van der Waals surface area contributed by atoms with Gasteiger partial charge in [0, 0.05) is 0 Å². The van der Waals surface area contributed by atoms with Gasteiger partial charge in [-0.3, -0.25) is 4.79 Å². The van der Waals surface area contributed by atoms with E-state index in [-0.39, 0.29) is 24.2 Å². The molecule has 2 aromatic carbocycles. The van der Waals surface area contributed by atoms with Gasteiger partial charge in [-0.1, -0.05) is 12.1 Å². The number of hydrogen-bond donors (Lipinski definition) is 1. The Morgan fingerprint density at radius 3 is 2.05 bits per heavy atom. The lowest BCUT2D eigenvalue weighted by Crippen LogP contribution is -2.13. The van der Waals surface area contributed by atoms with E-state index < -0.39 is 0 Å². The van der Waals surface area contributed by atoms with E-state index >= 15 is 0 Å². The van der Waals surface area contributed by atoms with Gasteiger partial charge in [-0.15, -0.1) is 0 Å². The van der Waals surface area contributed by atoms with Gasteiger partial charge in [0.1, 0.15) is 17.2 Å². The first-order valence-electron chi connectivity index (χ1n) is 6.78. The normalized spacial score (nSPS) is 10.4. The van der Waals surface area contributed by atoms with Crippen molar-refractivity contribution in [3.63, 3.8) is 0 Å². The Hall–Kier alpha value is -2.49. The number of ether oxygens (including phenoxy) is 2. The lowest BCUT2D eigenvalue weighted by molar-refractivity contribution is -0.146. The molecule has 0 aliphatic heterocycles. The SMILES string of the molecule is CC(C)OC(=O)Cc1ccc(Oc2ccc(O)cc2)cc1. The van der Waals surface area contributed by atoms with Crippen LogP contribution in [0.5, 0.6) is 17.2 Å². The fourth-order valence-corrected chi connectivity index (χ4v) is 1.80. The van der Waals surface area contributed by atoms with Crippen molar-refractivity contribution in [2.45, 2.75) is 26.4 Å². The Labute approximate surface area is 123 Å². The lowest BCUT2D eigenvalue weighted by atomic mass is 10.1. The van der Waals surface area contributed by atoms with Crippen LogP contribution in [0.3, 0.4) is 0 Å². The summed E-state index contributed by atoms with van der Waals surface area (Å²) in [6.45, 7) is 3.65. The molecule has 0 aliphatic carbocycles. The highest BCUT2D eigenvalue weighted by atomic mass is 16.5. The molecule has 0 atom stereocenters. The quantitative estimate of drug-likeness (QED) is 0.852. The van der Waals surface area contributed by atoms with Gasteiger partial charge >= 0.3 is 5.97 Å². The summed E-state index contributed by atoms with van der Waals surface area (Å²) in [5, 5.41) is 9.21. The van der Waals surface area contributed by atoms with E-state index in [4.69, 9.17) is 9.47 Å². The molecule has 0 bridgehead atoms. The van der Waals surface area contributed by atoms with E-state index in [0.29, 0.717) is 11.5 Å². The smallest absolute Gasteiger partial charge is 0.310 e. The van der Waals surface area contributed by atoms with Gasteiger partial charge in [0.15, 0.2) is 0 Å². The average molecular weight is 286 g/mol. The van der Waals surface area contributed by atoms with Crippen molar-refractivity contribution < 1.29 is 19.4 Å². The topological polar surface area (TPSA) is 55.8 Å². The number of esters is 1. The minimum atomic E-state index is -0.239. The molecule has 4 heteroatoms. The van der Waals surface area contributed by atoms with Gasteiger partial charge < -0.3 is 14.6 Å². The van der Waals surface area contributed by atoms with Crippen molar-refractivity contribution in [1.82, 2.24) is 0 Å². The summed E-state index contributed by atoms with van der Waals surface area (Å²) in [7, 11) is 0. The summed E-state index contributed by atoms with van der Waals surface area (Å²) in [4.78, 5) is 11.6. The van der Waals surface area contributed by atoms with Gasteiger partial charge in [0.05, 0.1) is 12.5 Å². The van der Waals surface area contributed by atoms with Gasteiger partial charge in [-0.2, -0.15) is 0 Å². The molecule has 0 heterocycles. The Bertz CT molecular complexity index is 585. The van der Waals surface area contributed by atoms with Crippen LogP contribution in [0.15, 0.2) is 48.5 Å². The summed E-state index contributed by atoms with van der Waals surface area (Å²) in [6.07, 6.45) is 0.145. The van der Waals surface area contributed by atoms with Crippen LogP contribution in [0, 0.1) is 0 Å². The van der Waals surface area contributed by atoms with E-state index in [1.807, 2.05) is 26.0 Å². The largest absolute Gasteiger partial charge is 0.508 e. The Morgan fingerprint density at radius 2 is 1.52 bits per heavy atom. The van der Waals surface area contributed by atoms with Gasteiger partial charge in [0.2, 0.25) is 0 Å². The number of phenolic OH excluding ortho intramolecular Hbond substituents is 1. The van der Waals surface area contributed by atoms with Crippen LogP contribution in [0.4, 0.5) is 0 Å². The summed E-state index contributed by atoms with van der Waals surface area (Å²) in [6, 6.07) is 13.7. The van der Waals surface area contributed by atoms with E-state index in [9.17, 15) is 9.90 Å². The van der Waals surface area contributed by atoms with E-state index in [1.54, 1.807) is 36.4 Å². The van der Waals surface area contributed by atoms with Crippen molar-refractivity contribution in [3.05, 3.63) is 54.1 Å². The minimum absolute atomic E-state index is 0.102. The van der Waals surface area contributed by atoms with Gasteiger partial charge in [0.25, 0.3) is 0 Å². The van der Waals surface area contributed by atoms with Crippen molar-refractivity contribution >= 4 is 5.97 Å². The second kappa shape index (κ2) is 6.79. The van der Waals surface area contributed by atoms with E-state index in [1.165, 1.54) is 0 Å². The summed E-state index contributed by atoms with van der Waals surface area (Å²) in [5.74, 6) is 1.26. The first-order valence-corrected chi connectivity index (χ1v) is 6.78. The molecule has 0 unspecified atom stereocenters. The standard InChI is InChI=1S/C17H18O4/c1-12(2)20-17(19)11-13-3-7-15(8-4-13)21-16-9-5-14(18)6-10-16/h3-10,12,18H,11H2,1-2H3. The van der Waals surface area contributed by atoms with Crippen LogP contribution in [-0.4, -0.2) is 17.2 Å². The molecule has 4 nitrogen and oxygen atoms in total. The van der Waals surface area contributed by atoms with Crippen LogP contribution in [0.2, 0.25) is 0 Å². The highest BCUT2D eigenvalue weighted by Crippen LogP contribution is 2.23. The van der Waals surface area contributed by atoms with Gasteiger partial charge in [-0.05, 0) is 55.8 Å². The zero-order valence-corrected chi connectivity index (χ0v) is 12.1. The van der Waals surface area contributed by atoms with Crippen LogP contribution in [0.25, 0.3) is 0 Å². The number of carbonyl (C=O) groups excluding carboxylic acids is 1. The van der Waals surface area contributed by atoms with Gasteiger partial charge in [-0.25, -0.2) is 0 Å².